The van der Waals surface area contributed by atoms with E-state index in [-0.39, 0.29) is 5.92 Å². The molecular weight excluding hydrogens is 314 g/mol. The Morgan fingerprint density at radius 1 is 1.04 bits per heavy atom. The second kappa shape index (κ2) is 8.39. The lowest BCUT2D eigenvalue weighted by atomic mass is 9.93. The summed E-state index contributed by atoms with van der Waals surface area (Å²) in [5.41, 5.74) is 1.19. The van der Waals surface area contributed by atoms with E-state index in [2.05, 4.69) is 60.4 Å². The first-order valence-electron chi connectivity index (χ1n) is 8.90. The molecule has 0 aromatic heterocycles. The van der Waals surface area contributed by atoms with Crippen molar-refractivity contribution in [1.29, 1.82) is 0 Å². The Bertz CT molecular complexity index is 665. The van der Waals surface area contributed by atoms with Gasteiger partial charge < -0.3 is 4.90 Å². The number of carbonyl (C=O) groups excluding carboxylic acids is 1. The lowest BCUT2D eigenvalue weighted by Gasteiger charge is -2.25. The summed E-state index contributed by atoms with van der Waals surface area (Å²) in [7, 11) is 0. The molecule has 1 heterocycles. The number of carbonyl (C=O) groups is 1. The van der Waals surface area contributed by atoms with Crippen molar-refractivity contribution < 1.29 is 4.79 Å². The van der Waals surface area contributed by atoms with Gasteiger partial charge in [-0.2, -0.15) is 0 Å². The summed E-state index contributed by atoms with van der Waals surface area (Å²) >= 11 is 1.76. The van der Waals surface area contributed by atoms with E-state index in [1.807, 2.05) is 6.07 Å². The maximum Gasteiger partial charge on any atom is 0.230 e. The fourth-order valence-corrected chi connectivity index (χ4v) is 4.36. The molecule has 2 aromatic carbocycles. The number of benzene rings is 2. The largest absolute Gasteiger partial charge is 0.342 e. The first-order chi connectivity index (χ1) is 11.8. The summed E-state index contributed by atoms with van der Waals surface area (Å²) in [6.45, 7) is 4.01. The van der Waals surface area contributed by atoms with Crippen LogP contribution in [-0.4, -0.2) is 23.9 Å². The minimum Gasteiger partial charge on any atom is -0.342 e. The zero-order valence-electron chi connectivity index (χ0n) is 14.3. The lowest BCUT2D eigenvalue weighted by Crippen LogP contribution is -2.32. The molecular formula is C21H25NOS. The van der Waals surface area contributed by atoms with Crippen molar-refractivity contribution in [2.24, 2.45) is 0 Å². The average molecular weight is 340 g/mol. The normalized spacial score (nSPS) is 15.5. The Morgan fingerprint density at radius 2 is 1.71 bits per heavy atom. The Kier molecular flexibility index (Phi) is 5.97. The van der Waals surface area contributed by atoms with Crippen LogP contribution in [0, 0.1) is 0 Å². The molecule has 0 N–H and O–H groups in total. The molecule has 0 bridgehead atoms. The molecule has 1 saturated heterocycles. The zero-order chi connectivity index (χ0) is 16.8. The fraction of sp³-hybridized carbons (Fsp3) is 0.381. The van der Waals surface area contributed by atoms with E-state index in [0.29, 0.717) is 5.91 Å². The van der Waals surface area contributed by atoms with Crippen molar-refractivity contribution >= 4 is 17.7 Å². The SMILES string of the molecule is CCCC(C(=O)N1CCCC1)c1ccccc1Sc1ccccc1. The topological polar surface area (TPSA) is 20.3 Å². The molecule has 2 nitrogen and oxygen atoms in total. The molecule has 0 radical (unpaired) electrons. The van der Waals surface area contributed by atoms with E-state index in [1.165, 1.54) is 15.4 Å². The standard InChI is InChI=1S/C21H25NOS/c1-2-10-19(21(23)22-15-8-9-16-22)18-13-6-7-14-20(18)24-17-11-4-3-5-12-17/h3-7,11-14,19H,2,8-10,15-16H2,1H3. The van der Waals surface area contributed by atoms with Crippen LogP contribution in [0.2, 0.25) is 0 Å². The Labute approximate surface area is 149 Å². The quantitative estimate of drug-likeness (QED) is 0.707. The van der Waals surface area contributed by atoms with Gasteiger partial charge in [0.1, 0.15) is 0 Å². The van der Waals surface area contributed by atoms with Crippen LogP contribution in [-0.2, 0) is 4.79 Å². The summed E-state index contributed by atoms with van der Waals surface area (Å²) < 4.78 is 0. The van der Waals surface area contributed by atoms with Crippen LogP contribution in [0.3, 0.4) is 0 Å². The van der Waals surface area contributed by atoms with Gasteiger partial charge in [-0.1, -0.05) is 61.5 Å². The second-order valence-corrected chi connectivity index (χ2v) is 7.44. The highest BCUT2D eigenvalue weighted by Crippen LogP contribution is 2.36. The van der Waals surface area contributed by atoms with Crippen molar-refractivity contribution in [1.82, 2.24) is 4.90 Å². The van der Waals surface area contributed by atoms with E-state index < -0.39 is 0 Å². The fourth-order valence-electron chi connectivity index (χ4n) is 3.34. The molecule has 24 heavy (non-hydrogen) atoms. The Balaban J connectivity index is 1.88. The van der Waals surface area contributed by atoms with Crippen LogP contribution in [0.5, 0.6) is 0 Å². The number of hydrogen-bond donors (Lipinski definition) is 0. The molecule has 0 spiro atoms. The van der Waals surface area contributed by atoms with Crippen molar-refractivity contribution in [2.75, 3.05) is 13.1 Å². The number of amides is 1. The van der Waals surface area contributed by atoms with E-state index in [9.17, 15) is 4.79 Å². The predicted molar refractivity (Wildman–Crippen MR) is 100 cm³/mol. The molecule has 126 valence electrons. The monoisotopic (exact) mass is 339 g/mol. The third-order valence-electron chi connectivity index (χ3n) is 4.56. The summed E-state index contributed by atoms with van der Waals surface area (Å²) in [6.07, 6.45) is 4.23. The van der Waals surface area contributed by atoms with Crippen LogP contribution in [0.25, 0.3) is 0 Å². The lowest BCUT2D eigenvalue weighted by molar-refractivity contribution is -0.132. The Hall–Kier alpha value is -1.74. The number of hydrogen-bond acceptors (Lipinski definition) is 2. The predicted octanol–water partition coefficient (Wildman–Crippen LogP) is 5.34. The van der Waals surface area contributed by atoms with Crippen LogP contribution in [0.1, 0.15) is 44.1 Å². The second-order valence-electron chi connectivity index (χ2n) is 6.33. The van der Waals surface area contributed by atoms with Crippen LogP contribution in [0.15, 0.2) is 64.4 Å². The first kappa shape index (κ1) is 17.1. The number of rotatable bonds is 6. The molecule has 1 aliphatic heterocycles. The summed E-state index contributed by atoms with van der Waals surface area (Å²) in [5, 5.41) is 0. The maximum absolute atomic E-state index is 13.1. The van der Waals surface area contributed by atoms with Gasteiger partial charge in [0.25, 0.3) is 0 Å². The van der Waals surface area contributed by atoms with Gasteiger partial charge in [-0.05, 0) is 43.0 Å². The molecule has 0 aliphatic carbocycles. The van der Waals surface area contributed by atoms with E-state index in [1.54, 1.807) is 11.8 Å². The van der Waals surface area contributed by atoms with Crippen molar-refractivity contribution in [3.8, 4) is 0 Å². The molecule has 3 heteroatoms. The molecule has 1 amide bonds. The van der Waals surface area contributed by atoms with Crippen LogP contribution in [0.4, 0.5) is 0 Å². The minimum absolute atomic E-state index is 0.0134. The molecule has 1 aliphatic rings. The van der Waals surface area contributed by atoms with Gasteiger partial charge in [-0.15, -0.1) is 0 Å². The van der Waals surface area contributed by atoms with Gasteiger partial charge >= 0.3 is 0 Å². The molecule has 1 atom stereocenters. The number of nitrogens with zero attached hydrogens (tertiary/aromatic N) is 1. The molecule has 3 rings (SSSR count). The van der Waals surface area contributed by atoms with Gasteiger partial charge in [-0.3, -0.25) is 4.79 Å². The number of likely N-dealkylation sites (tertiary alicyclic amines) is 1. The van der Waals surface area contributed by atoms with Crippen molar-refractivity contribution in [3.63, 3.8) is 0 Å². The molecule has 2 aromatic rings. The third-order valence-corrected chi connectivity index (χ3v) is 5.66. The van der Waals surface area contributed by atoms with Crippen LogP contribution >= 0.6 is 11.8 Å². The third kappa shape index (κ3) is 4.02. The first-order valence-corrected chi connectivity index (χ1v) is 9.72. The maximum atomic E-state index is 13.1. The van der Waals surface area contributed by atoms with Gasteiger partial charge in [0, 0.05) is 22.9 Å². The Morgan fingerprint density at radius 3 is 2.42 bits per heavy atom. The van der Waals surface area contributed by atoms with Crippen molar-refractivity contribution in [2.45, 2.75) is 48.3 Å². The minimum atomic E-state index is -0.0134. The van der Waals surface area contributed by atoms with Gasteiger partial charge in [0.15, 0.2) is 0 Å². The molecule has 1 unspecified atom stereocenters. The van der Waals surface area contributed by atoms with Gasteiger partial charge in [0.2, 0.25) is 5.91 Å². The van der Waals surface area contributed by atoms with Gasteiger partial charge in [0.05, 0.1) is 5.92 Å². The summed E-state index contributed by atoms with van der Waals surface area (Å²) in [5.74, 6) is 0.302. The average Bonchev–Trinajstić information content (AvgIpc) is 3.15. The zero-order valence-corrected chi connectivity index (χ0v) is 15.1. The highest BCUT2D eigenvalue weighted by atomic mass is 32.2. The van der Waals surface area contributed by atoms with E-state index in [4.69, 9.17) is 0 Å². The summed E-state index contributed by atoms with van der Waals surface area (Å²) in [6, 6.07) is 18.8. The highest BCUT2D eigenvalue weighted by molar-refractivity contribution is 7.99. The van der Waals surface area contributed by atoms with E-state index in [0.717, 1.165) is 38.8 Å². The molecule has 1 fully saturated rings. The molecule has 0 saturated carbocycles. The highest BCUT2D eigenvalue weighted by Gasteiger charge is 2.28. The smallest absolute Gasteiger partial charge is 0.230 e. The van der Waals surface area contributed by atoms with Crippen molar-refractivity contribution in [3.05, 3.63) is 60.2 Å². The van der Waals surface area contributed by atoms with E-state index >= 15 is 0 Å². The van der Waals surface area contributed by atoms with Gasteiger partial charge in [-0.25, -0.2) is 0 Å². The van der Waals surface area contributed by atoms with Crippen LogP contribution < -0.4 is 0 Å². The summed E-state index contributed by atoms with van der Waals surface area (Å²) in [4.78, 5) is 17.5.